The number of nitrogens with one attached hydrogen (secondary N) is 1. The molecule has 2 rings (SSSR count). The van der Waals surface area contributed by atoms with E-state index in [0.29, 0.717) is 17.2 Å². The van der Waals surface area contributed by atoms with Gasteiger partial charge in [-0.3, -0.25) is 4.79 Å². The number of hydrogen-bond acceptors (Lipinski definition) is 4. The van der Waals surface area contributed by atoms with Crippen LogP contribution in [0.15, 0.2) is 17.2 Å². The van der Waals surface area contributed by atoms with E-state index < -0.39 is 0 Å². The summed E-state index contributed by atoms with van der Waals surface area (Å²) in [4.78, 5) is 22.9. The van der Waals surface area contributed by atoms with E-state index in [0.717, 1.165) is 0 Å². The van der Waals surface area contributed by atoms with Crippen LogP contribution >= 0.6 is 0 Å². The molecule has 0 saturated carbocycles. The molecule has 3 N–H and O–H groups in total. The molecule has 0 saturated heterocycles. The number of rotatable bonds is 2. The number of nitrogens with zero attached hydrogens (tertiary/aromatic N) is 3. The van der Waals surface area contributed by atoms with E-state index in [1.165, 1.54) is 0 Å². The monoisotopic (exact) mass is 233 g/mol. The van der Waals surface area contributed by atoms with Crippen LogP contribution in [0.2, 0.25) is 0 Å². The summed E-state index contributed by atoms with van der Waals surface area (Å²) in [6.07, 6.45) is 3.42. The first-order chi connectivity index (χ1) is 8.00. The summed E-state index contributed by atoms with van der Waals surface area (Å²) in [6, 6.07) is 0. The standard InChI is InChI=1S/C11H15N5O/c1-6(2)7-8(12)14-9(15-11(7)17)10-13-4-5-16(10)3/h4-6H,1-3H3,(H3,12,14,15,17). The molecule has 0 atom stereocenters. The number of aromatic amines is 1. The Labute approximate surface area is 98.5 Å². The number of hydrogen-bond donors (Lipinski definition) is 2. The van der Waals surface area contributed by atoms with Crippen molar-refractivity contribution in [1.29, 1.82) is 0 Å². The Morgan fingerprint density at radius 2 is 2.18 bits per heavy atom. The van der Waals surface area contributed by atoms with Crippen molar-refractivity contribution in [3.63, 3.8) is 0 Å². The normalized spacial score (nSPS) is 11.1. The molecular weight excluding hydrogens is 218 g/mol. The Kier molecular flexibility index (Phi) is 2.71. The second-order valence-electron chi connectivity index (χ2n) is 4.23. The molecule has 0 aliphatic rings. The van der Waals surface area contributed by atoms with Crippen LogP contribution in [0.5, 0.6) is 0 Å². The lowest BCUT2D eigenvalue weighted by molar-refractivity contribution is 0.830. The topological polar surface area (TPSA) is 89.6 Å². The molecule has 6 heteroatoms. The Morgan fingerprint density at radius 1 is 1.47 bits per heavy atom. The minimum absolute atomic E-state index is 0.0432. The molecule has 2 aromatic heterocycles. The van der Waals surface area contributed by atoms with E-state index >= 15 is 0 Å². The molecule has 0 radical (unpaired) electrons. The van der Waals surface area contributed by atoms with Gasteiger partial charge in [0.1, 0.15) is 5.82 Å². The molecule has 0 amide bonds. The van der Waals surface area contributed by atoms with E-state index in [4.69, 9.17) is 5.73 Å². The maximum absolute atomic E-state index is 11.9. The lowest BCUT2D eigenvalue weighted by Gasteiger charge is -2.09. The van der Waals surface area contributed by atoms with Crippen LogP contribution in [-0.4, -0.2) is 19.5 Å². The average Bonchev–Trinajstić information content (AvgIpc) is 2.62. The number of nitrogen functional groups attached to an aromatic ring is 1. The first kappa shape index (κ1) is 11.4. The lowest BCUT2D eigenvalue weighted by Crippen LogP contribution is -2.20. The zero-order valence-corrected chi connectivity index (χ0v) is 10.1. The van der Waals surface area contributed by atoms with Gasteiger partial charge >= 0.3 is 0 Å². The number of H-pyrrole nitrogens is 1. The number of aryl methyl sites for hydroxylation is 1. The molecule has 2 aromatic rings. The van der Waals surface area contributed by atoms with E-state index in [1.54, 1.807) is 17.0 Å². The van der Waals surface area contributed by atoms with Gasteiger partial charge in [0, 0.05) is 19.4 Å². The van der Waals surface area contributed by atoms with Gasteiger partial charge in [-0.1, -0.05) is 13.8 Å². The molecule has 17 heavy (non-hydrogen) atoms. The van der Waals surface area contributed by atoms with Crippen molar-refractivity contribution in [2.45, 2.75) is 19.8 Å². The van der Waals surface area contributed by atoms with Crippen LogP contribution in [0.4, 0.5) is 5.82 Å². The molecule has 0 aromatic carbocycles. The predicted molar refractivity (Wildman–Crippen MR) is 65.6 cm³/mol. The zero-order valence-electron chi connectivity index (χ0n) is 10.1. The van der Waals surface area contributed by atoms with Crippen LogP contribution in [-0.2, 0) is 7.05 Å². The third kappa shape index (κ3) is 1.93. The van der Waals surface area contributed by atoms with Gasteiger partial charge in [-0.2, -0.15) is 0 Å². The number of imidazole rings is 1. The van der Waals surface area contributed by atoms with Crippen LogP contribution in [0.25, 0.3) is 11.6 Å². The maximum atomic E-state index is 11.9. The molecular formula is C11H15N5O. The molecule has 0 fully saturated rings. The minimum Gasteiger partial charge on any atom is -0.383 e. The van der Waals surface area contributed by atoms with Gasteiger partial charge in [0.25, 0.3) is 5.56 Å². The molecule has 2 heterocycles. The maximum Gasteiger partial charge on any atom is 0.256 e. The molecule has 90 valence electrons. The quantitative estimate of drug-likeness (QED) is 0.805. The number of nitrogens with two attached hydrogens (primary N) is 1. The van der Waals surface area contributed by atoms with Crippen LogP contribution in [0, 0.1) is 0 Å². The van der Waals surface area contributed by atoms with Crippen molar-refractivity contribution < 1.29 is 0 Å². The van der Waals surface area contributed by atoms with Crippen molar-refractivity contribution in [3.8, 4) is 11.6 Å². The summed E-state index contributed by atoms with van der Waals surface area (Å²) in [5.41, 5.74) is 6.12. The van der Waals surface area contributed by atoms with E-state index in [9.17, 15) is 4.79 Å². The van der Waals surface area contributed by atoms with Gasteiger partial charge < -0.3 is 15.3 Å². The summed E-state index contributed by atoms with van der Waals surface area (Å²) >= 11 is 0. The molecule has 6 nitrogen and oxygen atoms in total. The SMILES string of the molecule is CC(C)c1c(N)nc(-c2nccn2C)[nH]c1=O. The molecule has 0 bridgehead atoms. The largest absolute Gasteiger partial charge is 0.383 e. The highest BCUT2D eigenvalue weighted by atomic mass is 16.1. The average molecular weight is 233 g/mol. The fraction of sp³-hybridized carbons (Fsp3) is 0.364. The molecule has 0 aliphatic heterocycles. The Balaban J connectivity index is 2.61. The summed E-state index contributed by atoms with van der Waals surface area (Å²) in [6.45, 7) is 3.81. The predicted octanol–water partition coefficient (Wildman–Crippen LogP) is 0.876. The molecule has 0 aliphatic carbocycles. The van der Waals surface area contributed by atoms with Crippen molar-refractivity contribution in [2.75, 3.05) is 5.73 Å². The highest BCUT2D eigenvalue weighted by Gasteiger charge is 2.14. The highest BCUT2D eigenvalue weighted by molar-refractivity contribution is 5.50. The fourth-order valence-electron chi connectivity index (χ4n) is 1.76. The van der Waals surface area contributed by atoms with Gasteiger partial charge in [-0.15, -0.1) is 0 Å². The number of anilines is 1. The van der Waals surface area contributed by atoms with E-state index in [1.807, 2.05) is 20.9 Å². The van der Waals surface area contributed by atoms with Gasteiger partial charge in [-0.05, 0) is 5.92 Å². The van der Waals surface area contributed by atoms with Gasteiger partial charge in [0.2, 0.25) is 0 Å². The van der Waals surface area contributed by atoms with Gasteiger partial charge in [-0.25, -0.2) is 9.97 Å². The molecule has 0 spiro atoms. The first-order valence-electron chi connectivity index (χ1n) is 5.38. The van der Waals surface area contributed by atoms with Crippen LogP contribution in [0.1, 0.15) is 25.3 Å². The van der Waals surface area contributed by atoms with Crippen molar-refractivity contribution in [3.05, 3.63) is 28.3 Å². The van der Waals surface area contributed by atoms with Crippen LogP contribution < -0.4 is 11.3 Å². The summed E-state index contributed by atoms with van der Waals surface area (Å²) in [5, 5.41) is 0. The second-order valence-corrected chi connectivity index (χ2v) is 4.23. The van der Waals surface area contributed by atoms with Crippen molar-refractivity contribution >= 4 is 5.82 Å². The van der Waals surface area contributed by atoms with Crippen molar-refractivity contribution in [2.24, 2.45) is 7.05 Å². The second kappa shape index (κ2) is 4.04. The lowest BCUT2D eigenvalue weighted by atomic mass is 10.1. The van der Waals surface area contributed by atoms with Gasteiger partial charge in [0.05, 0.1) is 5.56 Å². The smallest absolute Gasteiger partial charge is 0.256 e. The molecule has 0 unspecified atom stereocenters. The highest BCUT2D eigenvalue weighted by Crippen LogP contribution is 2.18. The summed E-state index contributed by atoms with van der Waals surface area (Å²) in [5.74, 6) is 1.29. The van der Waals surface area contributed by atoms with Crippen LogP contribution in [0.3, 0.4) is 0 Å². The first-order valence-corrected chi connectivity index (χ1v) is 5.38. The minimum atomic E-state index is -0.203. The fourth-order valence-corrected chi connectivity index (χ4v) is 1.76. The Bertz CT molecular complexity index is 596. The zero-order chi connectivity index (χ0) is 12.6. The third-order valence-corrected chi connectivity index (χ3v) is 2.60. The Morgan fingerprint density at radius 3 is 2.65 bits per heavy atom. The summed E-state index contributed by atoms with van der Waals surface area (Å²) in [7, 11) is 1.83. The van der Waals surface area contributed by atoms with Gasteiger partial charge in [0.15, 0.2) is 11.6 Å². The Hall–Kier alpha value is -2.11. The van der Waals surface area contributed by atoms with Crippen molar-refractivity contribution in [1.82, 2.24) is 19.5 Å². The third-order valence-electron chi connectivity index (χ3n) is 2.60. The summed E-state index contributed by atoms with van der Waals surface area (Å²) < 4.78 is 1.77. The number of aromatic nitrogens is 4. The van der Waals surface area contributed by atoms with E-state index in [2.05, 4.69) is 15.0 Å². The van der Waals surface area contributed by atoms with E-state index in [-0.39, 0.29) is 17.3 Å².